The smallest absolute Gasteiger partial charge is 0.318 e. The van der Waals surface area contributed by atoms with Crippen LogP contribution in [-0.4, -0.2) is 29.9 Å². The van der Waals surface area contributed by atoms with Crippen molar-refractivity contribution < 1.29 is 9.59 Å². The van der Waals surface area contributed by atoms with Crippen molar-refractivity contribution in [3.8, 4) is 0 Å². The molecule has 2 aromatic rings. The number of hydrogen-bond acceptors (Lipinski definition) is 2. The van der Waals surface area contributed by atoms with Crippen LogP contribution in [0, 0.1) is 6.92 Å². The summed E-state index contributed by atoms with van der Waals surface area (Å²) >= 11 is 0. The second kappa shape index (κ2) is 9.93. The Morgan fingerprint density at radius 1 is 1.07 bits per heavy atom. The summed E-state index contributed by atoms with van der Waals surface area (Å²) in [5, 5.41) is 6.02. The molecule has 3 amide bonds. The van der Waals surface area contributed by atoms with Gasteiger partial charge in [-0.05, 0) is 37.3 Å². The van der Waals surface area contributed by atoms with Crippen LogP contribution < -0.4 is 10.6 Å². The molecule has 0 aromatic heterocycles. The Morgan fingerprint density at radius 3 is 2.57 bits per heavy atom. The van der Waals surface area contributed by atoms with Crippen molar-refractivity contribution in [3.05, 3.63) is 71.3 Å². The van der Waals surface area contributed by atoms with Crippen molar-refractivity contribution in [2.75, 3.05) is 13.1 Å². The summed E-state index contributed by atoms with van der Waals surface area (Å²) in [7, 11) is 0. The summed E-state index contributed by atoms with van der Waals surface area (Å²) in [4.78, 5) is 27.3. The maximum Gasteiger partial charge on any atom is 0.318 e. The summed E-state index contributed by atoms with van der Waals surface area (Å²) in [5.41, 5.74) is 3.25. The van der Waals surface area contributed by atoms with E-state index in [4.69, 9.17) is 0 Å². The van der Waals surface area contributed by atoms with E-state index in [1.54, 1.807) is 0 Å². The van der Waals surface area contributed by atoms with Gasteiger partial charge < -0.3 is 15.5 Å². The highest BCUT2D eigenvalue weighted by Crippen LogP contribution is 2.26. The zero-order valence-corrected chi connectivity index (χ0v) is 16.5. The molecule has 5 heteroatoms. The highest BCUT2D eigenvalue weighted by Gasteiger charge is 2.27. The molecule has 0 spiro atoms. The minimum Gasteiger partial charge on any atom is -0.356 e. The van der Waals surface area contributed by atoms with Gasteiger partial charge in [-0.25, -0.2) is 4.79 Å². The largest absolute Gasteiger partial charge is 0.356 e. The molecule has 0 radical (unpaired) electrons. The number of rotatable bonds is 3. The number of hydrogen-bond donors (Lipinski definition) is 2. The van der Waals surface area contributed by atoms with Gasteiger partial charge in [0.25, 0.3) is 0 Å². The van der Waals surface area contributed by atoms with E-state index >= 15 is 0 Å². The van der Waals surface area contributed by atoms with Crippen LogP contribution in [-0.2, 0) is 11.3 Å². The van der Waals surface area contributed by atoms with E-state index in [0.717, 1.165) is 30.4 Å². The molecular formula is C23H29N3O2. The minimum atomic E-state index is -0.266. The highest BCUT2D eigenvalue weighted by atomic mass is 16.2. The molecule has 1 aliphatic heterocycles. The maximum absolute atomic E-state index is 13.1. The number of nitrogens with zero attached hydrogens (tertiary/aromatic N) is 1. The number of carbonyl (C=O) groups is 2. The van der Waals surface area contributed by atoms with Crippen LogP contribution in [0.25, 0.3) is 0 Å². The van der Waals surface area contributed by atoms with Gasteiger partial charge in [0.1, 0.15) is 0 Å². The van der Waals surface area contributed by atoms with E-state index in [0.29, 0.717) is 19.6 Å². The molecule has 1 fully saturated rings. The summed E-state index contributed by atoms with van der Waals surface area (Å²) in [6.07, 6.45) is 3.14. The van der Waals surface area contributed by atoms with Crippen LogP contribution in [0.3, 0.4) is 0 Å². The molecule has 1 aliphatic rings. The first-order valence-electron chi connectivity index (χ1n) is 10.0. The third kappa shape index (κ3) is 5.59. The second-order valence-corrected chi connectivity index (χ2v) is 7.38. The van der Waals surface area contributed by atoms with Gasteiger partial charge in [0.15, 0.2) is 0 Å². The van der Waals surface area contributed by atoms with E-state index < -0.39 is 0 Å². The Balaban J connectivity index is 1.77. The zero-order chi connectivity index (χ0) is 19.8. The Kier molecular flexibility index (Phi) is 7.06. The summed E-state index contributed by atoms with van der Waals surface area (Å²) in [6.45, 7) is 3.87. The number of nitrogens with one attached hydrogen (secondary N) is 2. The molecule has 1 heterocycles. The third-order valence-corrected chi connectivity index (χ3v) is 5.16. The molecule has 1 atom stereocenters. The molecule has 2 aromatic carbocycles. The quantitative estimate of drug-likeness (QED) is 0.849. The molecule has 1 unspecified atom stereocenters. The summed E-state index contributed by atoms with van der Waals surface area (Å²) in [5.74, 6) is -0.00733. The molecule has 1 saturated heterocycles. The SMILES string of the molecule is Cc1ccc(CNC(=O)N2CCCCCNC(=O)CC2c2ccccc2)cc1. The Bertz CT molecular complexity index is 774. The van der Waals surface area contributed by atoms with E-state index in [2.05, 4.69) is 10.6 Å². The number of urea groups is 1. The zero-order valence-electron chi connectivity index (χ0n) is 16.5. The molecule has 3 rings (SSSR count). The van der Waals surface area contributed by atoms with Crippen molar-refractivity contribution in [2.24, 2.45) is 0 Å². The fourth-order valence-corrected chi connectivity index (χ4v) is 3.53. The average molecular weight is 380 g/mol. The van der Waals surface area contributed by atoms with Crippen molar-refractivity contribution >= 4 is 11.9 Å². The van der Waals surface area contributed by atoms with Gasteiger partial charge >= 0.3 is 6.03 Å². The van der Waals surface area contributed by atoms with Crippen LogP contribution in [0.5, 0.6) is 0 Å². The lowest BCUT2D eigenvalue weighted by Crippen LogP contribution is -2.44. The topological polar surface area (TPSA) is 61.4 Å². The molecule has 0 aliphatic carbocycles. The third-order valence-electron chi connectivity index (χ3n) is 5.16. The number of amides is 3. The molecule has 0 saturated carbocycles. The molecule has 28 heavy (non-hydrogen) atoms. The van der Waals surface area contributed by atoms with Crippen molar-refractivity contribution in [1.82, 2.24) is 15.5 Å². The van der Waals surface area contributed by atoms with Crippen LogP contribution in [0.1, 0.15) is 48.4 Å². The lowest BCUT2D eigenvalue weighted by molar-refractivity contribution is -0.122. The van der Waals surface area contributed by atoms with Crippen molar-refractivity contribution in [3.63, 3.8) is 0 Å². The highest BCUT2D eigenvalue weighted by molar-refractivity contribution is 5.79. The minimum absolute atomic E-state index is 0.00733. The lowest BCUT2D eigenvalue weighted by Gasteiger charge is -2.33. The van der Waals surface area contributed by atoms with E-state index in [-0.39, 0.29) is 24.4 Å². The molecule has 148 valence electrons. The van der Waals surface area contributed by atoms with Crippen LogP contribution in [0.2, 0.25) is 0 Å². The first-order valence-corrected chi connectivity index (χ1v) is 10.0. The first kappa shape index (κ1) is 19.9. The fraction of sp³-hybridized carbons (Fsp3) is 0.391. The molecular weight excluding hydrogens is 350 g/mol. The van der Waals surface area contributed by atoms with Gasteiger partial charge in [-0.15, -0.1) is 0 Å². The molecule has 2 N–H and O–H groups in total. The monoisotopic (exact) mass is 379 g/mol. The Hall–Kier alpha value is -2.82. The predicted octanol–water partition coefficient (Wildman–Crippen LogP) is 3.94. The van der Waals surface area contributed by atoms with Gasteiger partial charge in [0.2, 0.25) is 5.91 Å². The predicted molar refractivity (Wildman–Crippen MR) is 111 cm³/mol. The summed E-state index contributed by atoms with van der Waals surface area (Å²) in [6, 6.07) is 17.6. The normalized spacial score (nSPS) is 18.2. The van der Waals surface area contributed by atoms with E-state index in [9.17, 15) is 9.59 Å². The van der Waals surface area contributed by atoms with Gasteiger partial charge in [-0.2, -0.15) is 0 Å². The van der Waals surface area contributed by atoms with Crippen LogP contribution in [0.15, 0.2) is 54.6 Å². The van der Waals surface area contributed by atoms with Gasteiger partial charge in [0, 0.05) is 19.6 Å². The summed E-state index contributed by atoms with van der Waals surface area (Å²) < 4.78 is 0. The Labute approximate surface area is 167 Å². The average Bonchev–Trinajstić information content (AvgIpc) is 2.72. The van der Waals surface area contributed by atoms with Crippen LogP contribution >= 0.6 is 0 Å². The van der Waals surface area contributed by atoms with Gasteiger partial charge in [0.05, 0.1) is 12.5 Å². The van der Waals surface area contributed by atoms with Crippen molar-refractivity contribution in [2.45, 2.75) is 45.2 Å². The standard InChI is InChI=1S/C23H29N3O2/c1-18-10-12-19(13-11-18)17-25-23(28)26-15-7-3-6-14-24-22(27)16-21(26)20-8-4-2-5-9-20/h2,4-5,8-13,21H,3,6-7,14-17H2,1H3,(H,24,27)(H,25,28). The van der Waals surface area contributed by atoms with Gasteiger partial charge in [-0.1, -0.05) is 60.2 Å². The van der Waals surface area contributed by atoms with Crippen LogP contribution in [0.4, 0.5) is 4.79 Å². The fourth-order valence-electron chi connectivity index (χ4n) is 3.53. The number of aryl methyl sites for hydroxylation is 1. The lowest BCUT2D eigenvalue weighted by atomic mass is 10.0. The maximum atomic E-state index is 13.1. The first-order chi connectivity index (χ1) is 13.6. The Morgan fingerprint density at radius 2 is 1.82 bits per heavy atom. The molecule has 5 nitrogen and oxygen atoms in total. The number of benzene rings is 2. The van der Waals surface area contributed by atoms with E-state index in [1.807, 2.05) is 66.4 Å². The molecule has 0 bridgehead atoms. The second-order valence-electron chi connectivity index (χ2n) is 7.38. The number of carbonyl (C=O) groups excluding carboxylic acids is 2. The van der Waals surface area contributed by atoms with Gasteiger partial charge in [-0.3, -0.25) is 4.79 Å². The van der Waals surface area contributed by atoms with E-state index in [1.165, 1.54) is 5.56 Å². The van der Waals surface area contributed by atoms with Crippen molar-refractivity contribution in [1.29, 1.82) is 0 Å².